The van der Waals surface area contributed by atoms with Gasteiger partial charge in [-0.05, 0) is 31.6 Å². The molecule has 0 bridgehead atoms. The Labute approximate surface area is 130 Å². The number of nitrogens with zero attached hydrogens (tertiary/aromatic N) is 2. The fraction of sp³-hybridized carbons (Fsp3) is 1.00. The molecule has 1 N–H and O–H groups in total. The minimum Gasteiger partial charge on any atom is -0.312 e. The molecule has 0 aromatic carbocycles. The minimum absolute atomic E-state index is 0.130. The van der Waals surface area contributed by atoms with E-state index in [4.69, 9.17) is 0 Å². The van der Waals surface area contributed by atoms with Gasteiger partial charge < -0.3 is 5.32 Å². The molecule has 0 spiro atoms. The van der Waals surface area contributed by atoms with Crippen molar-refractivity contribution in [2.24, 2.45) is 5.92 Å². The van der Waals surface area contributed by atoms with E-state index in [0.717, 1.165) is 25.8 Å². The molecule has 1 atom stereocenters. The van der Waals surface area contributed by atoms with Crippen molar-refractivity contribution in [3.8, 4) is 0 Å². The molecule has 1 saturated carbocycles. The van der Waals surface area contributed by atoms with E-state index >= 15 is 0 Å². The molecule has 1 aliphatic heterocycles. The molecule has 2 aliphatic rings. The predicted molar refractivity (Wildman–Crippen MR) is 86.4 cm³/mol. The lowest BCUT2D eigenvalue weighted by molar-refractivity contribution is 0.223. The van der Waals surface area contributed by atoms with E-state index in [1.54, 1.807) is 8.61 Å². The quantitative estimate of drug-likeness (QED) is 0.743. The van der Waals surface area contributed by atoms with Crippen LogP contribution in [0.3, 0.4) is 0 Å². The van der Waals surface area contributed by atoms with Crippen molar-refractivity contribution in [1.82, 2.24) is 13.9 Å². The minimum atomic E-state index is -3.32. The average Bonchev–Trinajstić information content (AvgIpc) is 3.26. The third kappa shape index (κ3) is 4.65. The lowest BCUT2D eigenvalue weighted by Gasteiger charge is -2.38. The van der Waals surface area contributed by atoms with Gasteiger partial charge >= 0.3 is 0 Å². The van der Waals surface area contributed by atoms with Crippen LogP contribution in [0.2, 0.25) is 0 Å². The van der Waals surface area contributed by atoms with Crippen molar-refractivity contribution < 1.29 is 8.42 Å². The van der Waals surface area contributed by atoms with Crippen molar-refractivity contribution in [3.63, 3.8) is 0 Å². The highest BCUT2D eigenvalue weighted by Gasteiger charge is 2.36. The van der Waals surface area contributed by atoms with Crippen molar-refractivity contribution in [2.45, 2.75) is 65.0 Å². The van der Waals surface area contributed by atoms with Gasteiger partial charge in [0, 0.05) is 38.3 Å². The van der Waals surface area contributed by atoms with Crippen LogP contribution >= 0.6 is 0 Å². The zero-order valence-electron chi connectivity index (χ0n) is 13.7. The first-order valence-corrected chi connectivity index (χ1v) is 9.85. The predicted octanol–water partition coefficient (Wildman–Crippen LogP) is 1.82. The van der Waals surface area contributed by atoms with Crippen LogP contribution in [0.4, 0.5) is 0 Å². The Bertz CT molecular complexity index is 421. The number of rotatable bonds is 8. The van der Waals surface area contributed by atoms with Gasteiger partial charge in [-0.1, -0.05) is 27.2 Å². The summed E-state index contributed by atoms with van der Waals surface area (Å²) >= 11 is 0. The molecule has 0 radical (unpaired) electrons. The Morgan fingerprint density at radius 2 is 1.95 bits per heavy atom. The van der Waals surface area contributed by atoms with Gasteiger partial charge in [0.25, 0.3) is 10.2 Å². The summed E-state index contributed by atoms with van der Waals surface area (Å²) in [4.78, 5) is 0. The topological polar surface area (TPSA) is 52.7 Å². The highest BCUT2D eigenvalue weighted by atomic mass is 32.2. The normalized spacial score (nSPS) is 24.9. The molecule has 6 heteroatoms. The van der Waals surface area contributed by atoms with Crippen LogP contribution in [0.5, 0.6) is 0 Å². The van der Waals surface area contributed by atoms with Crippen molar-refractivity contribution >= 4 is 10.2 Å². The van der Waals surface area contributed by atoms with Crippen LogP contribution in [0.25, 0.3) is 0 Å². The summed E-state index contributed by atoms with van der Waals surface area (Å²) in [5, 5.41) is 3.50. The Kier molecular flexibility index (Phi) is 6.05. The molecule has 21 heavy (non-hydrogen) atoms. The van der Waals surface area contributed by atoms with Crippen molar-refractivity contribution in [2.75, 3.05) is 26.2 Å². The summed E-state index contributed by atoms with van der Waals surface area (Å²) in [6.45, 7) is 8.72. The van der Waals surface area contributed by atoms with E-state index in [9.17, 15) is 8.42 Å². The molecule has 0 amide bonds. The lowest BCUT2D eigenvalue weighted by atomic mass is 10.1. The van der Waals surface area contributed by atoms with Gasteiger partial charge in [0.1, 0.15) is 0 Å². The standard InChI is InChI=1S/C15H31N3O2S/c1-4-17(12-13(2)3)21(19,20)18-10-6-5-7-15(18)11-16-14-8-9-14/h13-16H,4-12H2,1-3H3. The van der Waals surface area contributed by atoms with Gasteiger partial charge in [0.05, 0.1) is 0 Å². The summed E-state index contributed by atoms with van der Waals surface area (Å²) in [6, 6.07) is 0.764. The summed E-state index contributed by atoms with van der Waals surface area (Å²) in [7, 11) is -3.32. The number of nitrogens with one attached hydrogen (secondary N) is 1. The van der Waals surface area contributed by atoms with Crippen molar-refractivity contribution in [3.05, 3.63) is 0 Å². The maximum Gasteiger partial charge on any atom is 0.282 e. The first-order valence-electron chi connectivity index (χ1n) is 8.45. The Balaban J connectivity index is 2.05. The molecular weight excluding hydrogens is 286 g/mol. The highest BCUT2D eigenvalue weighted by molar-refractivity contribution is 7.86. The van der Waals surface area contributed by atoms with E-state index in [1.165, 1.54) is 12.8 Å². The van der Waals surface area contributed by atoms with Gasteiger partial charge in [-0.3, -0.25) is 0 Å². The second kappa shape index (κ2) is 7.40. The third-order valence-electron chi connectivity index (χ3n) is 4.34. The van der Waals surface area contributed by atoms with E-state index in [2.05, 4.69) is 19.2 Å². The van der Waals surface area contributed by atoms with Gasteiger partial charge in [-0.15, -0.1) is 0 Å². The van der Waals surface area contributed by atoms with Crippen LogP contribution < -0.4 is 5.32 Å². The molecule has 5 nitrogen and oxygen atoms in total. The molecule has 1 unspecified atom stereocenters. The third-order valence-corrected chi connectivity index (χ3v) is 6.47. The van der Waals surface area contributed by atoms with Crippen molar-refractivity contribution in [1.29, 1.82) is 0 Å². The van der Waals surface area contributed by atoms with E-state index < -0.39 is 10.2 Å². The van der Waals surface area contributed by atoms with Gasteiger partial charge in [0.2, 0.25) is 0 Å². The van der Waals surface area contributed by atoms with Gasteiger partial charge in [-0.2, -0.15) is 17.0 Å². The second-order valence-corrected chi connectivity index (χ2v) is 8.68. The van der Waals surface area contributed by atoms with Crippen LogP contribution in [0, 0.1) is 5.92 Å². The summed E-state index contributed by atoms with van der Waals surface area (Å²) in [5.41, 5.74) is 0. The lowest BCUT2D eigenvalue weighted by Crippen LogP contribution is -2.54. The van der Waals surface area contributed by atoms with E-state index in [1.807, 2.05) is 6.92 Å². The Morgan fingerprint density at radius 3 is 2.52 bits per heavy atom. The fourth-order valence-corrected chi connectivity index (χ4v) is 5.04. The second-order valence-electron chi connectivity index (χ2n) is 6.80. The molecular formula is C15H31N3O2S. The fourth-order valence-electron chi connectivity index (χ4n) is 3.01. The molecule has 1 saturated heterocycles. The smallest absolute Gasteiger partial charge is 0.282 e. The first kappa shape index (κ1) is 17.2. The Morgan fingerprint density at radius 1 is 1.24 bits per heavy atom. The zero-order valence-corrected chi connectivity index (χ0v) is 14.5. The Hall–Kier alpha value is -0.170. The van der Waals surface area contributed by atoms with Crippen LogP contribution in [-0.2, 0) is 10.2 Å². The number of hydrogen-bond acceptors (Lipinski definition) is 3. The average molecular weight is 317 g/mol. The van der Waals surface area contributed by atoms with Gasteiger partial charge in [0.15, 0.2) is 0 Å². The molecule has 1 heterocycles. The van der Waals surface area contributed by atoms with E-state index in [0.29, 0.717) is 31.6 Å². The zero-order chi connectivity index (χ0) is 15.5. The maximum absolute atomic E-state index is 12.9. The SMILES string of the molecule is CCN(CC(C)C)S(=O)(=O)N1CCCCC1CNC1CC1. The number of piperidine rings is 1. The van der Waals surface area contributed by atoms with Crippen LogP contribution in [0.15, 0.2) is 0 Å². The highest BCUT2D eigenvalue weighted by Crippen LogP contribution is 2.25. The molecule has 0 aromatic rings. The largest absolute Gasteiger partial charge is 0.312 e. The number of hydrogen-bond donors (Lipinski definition) is 1. The maximum atomic E-state index is 12.9. The molecule has 1 aliphatic carbocycles. The summed E-state index contributed by atoms with van der Waals surface area (Å²) in [6.07, 6.45) is 5.59. The molecule has 2 fully saturated rings. The van der Waals surface area contributed by atoms with E-state index in [-0.39, 0.29) is 6.04 Å². The summed E-state index contributed by atoms with van der Waals surface area (Å²) in [5.74, 6) is 0.354. The van der Waals surface area contributed by atoms with Crippen LogP contribution in [0.1, 0.15) is 52.9 Å². The molecule has 124 valence electrons. The first-order chi connectivity index (χ1) is 9.95. The monoisotopic (exact) mass is 317 g/mol. The van der Waals surface area contributed by atoms with Crippen LogP contribution in [-0.4, -0.2) is 55.3 Å². The van der Waals surface area contributed by atoms with Gasteiger partial charge in [-0.25, -0.2) is 0 Å². The summed E-state index contributed by atoms with van der Waals surface area (Å²) < 4.78 is 29.3. The molecule has 0 aromatic heterocycles. The molecule has 2 rings (SSSR count).